The summed E-state index contributed by atoms with van der Waals surface area (Å²) in [5, 5.41) is 16.2. The Labute approximate surface area is 191 Å². The molecule has 0 aliphatic heterocycles. The van der Waals surface area contributed by atoms with Crippen molar-refractivity contribution in [3.63, 3.8) is 0 Å². The second kappa shape index (κ2) is 7.72. The van der Waals surface area contributed by atoms with E-state index in [1.54, 1.807) is 13.2 Å². The van der Waals surface area contributed by atoms with E-state index in [1.807, 2.05) is 30.1 Å². The van der Waals surface area contributed by atoms with Crippen LogP contribution >= 0.6 is 0 Å². The standard InChI is InChI=1S/C25H26N6O2/c1-31-22(12-15-6-10-20-19(13-26-29-20)23(15)14-3-4-14)28-24(30-31)16-5-9-18(21(11-16)33-2)25(32)27-17-7-8-17/h5-6,9-11,13-14,17H,3-4,7-8,12H2,1-2H3,(H,26,29)(H,27,32). The van der Waals surface area contributed by atoms with Gasteiger partial charge in [-0.1, -0.05) is 12.1 Å². The van der Waals surface area contributed by atoms with Crippen molar-refractivity contribution < 1.29 is 9.53 Å². The Bertz CT molecular complexity index is 1360. The Morgan fingerprint density at radius 1 is 1.21 bits per heavy atom. The van der Waals surface area contributed by atoms with Gasteiger partial charge in [0, 0.05) is 30.5 Å². The van der Waals surface area contributed by atoms with Crippen molar-refractivity contribution in [1.82, 2.24) is 30.3 Å². The van der Waals surface area contributed by atoms with Gasteiger partial charge in [0.15, 0.2) is 5.82 Å². The van der Waals surface area contributed by atoms with E-state index in [1.165, 1.54) is 29.4 Å². The number of carbonyl (C=O) groups excluding carboxylic acids is 1. The monoisotopic (exact) mass is 442 g/mol. The molecular formula is C25H26N6O2. The second-order valence-corrected chi connectivity index (χ2v) is 9.06. The minimum Gasteiger partial charge on any atom is -0.496 e. The summed E-state index contributed by atoms with van der Waals surface area (Å²) in [6.45, 7) is 0. The first-order valence-electron chi connectivity index (χ1n) is 11.4. The molecular weight excluding hydrogens is 416 g/mol. The summed E-state index contributed by atoms with van der Waals surface area (Å²) in [6.07, 6.45) is 7.17. The molecule has 6 rings (SSSR count). The summed E-state index contributed by atoms with van der Waals surface area (Å²) < 4.78 is 7.35. The number of nitrogens with zero attached hydrogens (tertiary/aromatic N) is 4. The highest BCUT2D eigenvalue weighted by Gasteiger charge is 2.29. The Morgan fingerprint density at radius 3 is 2.82 bits per heavy atom. The van der Waals surface area contributed by atoms with E-state index in [0.717, 1.165) is 29.7 Å². The number of nitrogens with one attached hydrogen (secondary N) is 2. The van der Waals surface area contributed by atoms with Crippen molar-refractivity contribution >= 4 is 16.8 Å². The highest BCUT2D eigenvalue weighted by molar-refractivity contribution is 5.97. The van der Waals surface area contributed by atoms with Crippen LogP contribution in [0.4, 0.5) is 0 Å². The van der Waals surface area contributed by atoms with Gasteiger partial charge in [-0.2, -0.15) is 10.2 Å². The van der Waals surface area contributed by atoms with Crippen LogP contribution in [0.25, 0.3) is 22.3 Å². The number of aromatic nitrogens is 5. The molecule has 0 unspecified atom stereocenters. The quantitative estimate of drug-likeness (QED) is 0.455. The number of amides is 1. The molecule has 0 saturated heterocycles. The number of rotatable bonds is 7. The van der Waals surface area contributed by atoms with Crippen LogP contribution in [-0.4, -0.2) is 44.0 Å². The predicted molar refractivity (Wildman–Crippen MR) is 124 cm³/mol. The summed E-state index contributed by atoms with van der Waals surface area (Å²) in [7, 11) is 3.50. The third-order valence-corrected chi connectivity index (χ3v) is 6.56. The van der Waals surface area contributed by atoms with E-state index < -0.39 is 0 Å². The third-order valence-electron chi connectivity index (χ3n) is 6.56. The molecule has 2 heterocycles. The zero-order chi connectivity index (χ0) is 22.5. The van der Waals surface area contributed by atoms with Crippen molar-refractivity contribution in [2.75, 3.05) is 7.11 Å². The maximum absolute atomic E-state index is 12.5. The van der Waals surface area contributed by atoms with Crippen molar-refractivity contribution in [1.29, 1.82) is 0 Å². The van der Waals surface area contributed by atoms with Crippen molar-refractivity contribution in [2.24, 2.45) is 7.05 Å². The van der Waals surface area contributed by atoms with Crippen molar-refractivity contribution in [3.8, 4) is 17.1 Å². The average Bonchev–Trinajstić information content (AvgIpc) is 3.74. The molecule has 2 aromatic carbocycles. The van der Waals surface area contributed by atoms with Gasteiger partial charge in [-0.25, -0.2) is 4.98 Å². The summed E-state index contributed by atoms with van der Waals surface area (Å²) in [5.74, 6) is 2.55. The van der Waals surface area contributed by atoms with Gasteiger partial charge in [0.2, 0.25) is 0 Å². The fourth-order valence-electron chi connectivity index (χ4n) is 4.46. The second-order valence-electron chi connectivity index (χ2n) is 9.06. The summed E-state index contributed by atoms with van der Waals surface area (Å²) >= 11 is 0. The molecule has 2 N–H and O–H groups in total. The van der Waals surface area contributed by atoms with Gasteiger partial charge in [0.05, 0.1) is 24.4 Å². The Balaban J connectivity index is 1.30. The molecule has 8 heteroatoms. The van der Waals surface area contributed by atoms with Gasteiger partial charge < -0.3 is 10.1 Å². The maximum atomic E-state index is 12.5. The molecule has 2 fully saturated rings. The first kappa shape index (κ1) is 20.0. The first-order valence-corrected chi connectivity index (χ1v) is 11.4. The molecule has 1 amide bonds. The minimum absolute atomic E-state index is 0.0992. The SMILES string of the molecule is COc1cc(-c2nc(Cc3ccc4[nH]ncc4c3C3CC3)n(C)n2)ccc1C(=O)NC1CC1. The van der Waals surface area contributed by atoms with Crippen LogP contribution in [0, 0.1) is 0 Å². The summed E-state index contributed by atoms with van der Waals surface area (Å²) in [5.41, 5.74) is 5.10. The number of hydrogen-bond acceptors (Lipinski definition) is 5. The van der Waals surface area contributed by atoms with Crippen molar-refractivity contribution in [3.05, 3.63) is 59.0 Å². The Kier molecular flexibility index (Phi) is 4.67. The molecule has 2 aliphatic carbocycles. The first-order chi connectivity index (χ1) is 16.1. The zero-order valence-electron chi connectivity index (χ0n) is 18.8. The fourth-order valence-corrected chi connectivity index (χ4v) is 4.46. The number of benzene rings is 2. The summed E-state index contributed by atoms with van der Waals surface area (Å²) in [4.78, 5) is 17.4. The molecule has 0 bridgehead atoms. The van der Waals surface area contributed by atoms with E-state index >= 15 is 0 Å². The van der Waals surface area contributed by atoms with Crippen LogP contribution in [-0.2, 0) is 13.5 Å². The van der Waals surface area contributed by atoms with Gasteiger partial charge in [-0.15, -0.1) is 0 Å². The van der Waals surface area contributed by atoms with E-state index in [4.69, 9.17) is 9.72 Å². The number of methoxy groups -OCH3 is 1. The number of fused-ring (bicyclic) bond motifs is 1. The molecule has 2 aromatic heterocycles. The lowest BCUT2D eigenvalue weighted by atomic mass is 9.96. The van der Waals surface area contributed by atoms with E-state index in [0.29, 0.717) is 35.5 Å². The highest BCUT2D eigenvalue weighted by Crippen LogP contribution is 2.45. The molecule has 0 radical (unpaired) electrons. The third kappa shape index (κ3) is 3.75. The molecule has 2 saturated carbocycles. The smallest absolute Gasteiger partial charge is 0.255 e. The van der Waals surface area contributed by atoms with Crippen LogP contribution in [0.5, 0.6) is 5.75 Å². The lowest BCUT2D eigenvalue weighted by molar-refractivity contribution is 0.0948. The largest absolute Gasteiger partial charge is 0.496 e. The predicted octanol–water partition coefficient (Wildman–Crippen LogP) is 3.73. The highest BCUT2D eigenvalue weighted by atomic mass is 16.5. The van der Waals surface area contributed by atoms with Gasteiger partial charge >= 0.3 is 0 Å². The Hall–Kier alpha value is -3.68. The number of aromatic amines is 1. The van der Waals surface area contributed by atoms with Crippen LogP contribution in [0.3, 0.4) is 0 Å². The topological polar surface area (TPSA) is 97.7 Å². The van der Waals surface area contributed by atoms with E-state index in [9.17, 15) is 4.79 Å². The average molecular weight is 443 g/mol. The molecule has 168 valence electrons. The van der Waals surface area contributed by atoms with Gasteiger partial charge in [0.25, 0.3) is 5.91 Å². The molecule has 8 nitrogen and oxygen atoms in total. The zero-order valence-corrected chi connectivity index (χ0v) is 18.8. The van der Waals surface area contributed by atoms with Crippen LogP contribution in [0.1, 0.15) is 58.9 Å². The minimum atomic E-state index is -0.0992. The molecule has 4 aromatic rings. The van der Waals surface area contributed by atoms with E-state index in [2.05, 4.69) is 32.7 Å². The van der Waals surface area contributed by atoms with Gasteiger partial charge in [-0.05, 0) is 60.9 Å². The van der Waals surface area contributed by atoms with Gasteiger partial charge in [-0.3, -0.25) is 14.6 Å². The lowest BCUT2D eigenvalue weighted by Crippen LogP contribution is -2.25. The lowest BCUT2D eigenvalue weighted by Gasteiger charge is -2.10. The van der Waals surface area contributed by atoms with Crippen molar-refractivity contribution in [2.45, 2.75) is 44.1 Å². The Morgan fingerprint density at radius 2 is 2.06 bits per heavy atom. The number of hydrogen-bond donors (Lipinski definition) is 2. The fraction of sp³-hybridized carbons (Fsp3) is 0.360. The molecule has 33 heavy (non-hydrogen) atoms. The molecule has 0 spiro atoms. The van der Waals surface area contributed by atoms with E-state index in [-0.39, 0.29) is 5.91 Å². The number of aryl methyl sites for hydroxylation is 1. The number of H-pyrrole nitrogens is 1. The van der Waals surface area contributed by atoms with Crippen LogP contribution < -0.4 is 10.1 Å². The molecule has 2 aliphatic rings. The summed E-state index contributed by atoms with van der Waals surface area (Å²) in [6, 6.07) is 10.1. The number of ether oxygens (including phenoxy) is 1. The van der Waals surface area contributed by atoms with Crippen LogP contribution in [0.15, 0.2) is 36.5 Å². The number of carbonyl (C=O) groups is 1. The van der Waals surface area contributed by atoms with Gasteiger partial charge in [0.1, 0.15) is 11.6 Å². The van der Waals surface area contributed by atoms with Crippen LogP contribution in [0.2, 0.25) is 0 Å². The maximum Gasteiger partial charge on any atom is 0.255 e. The normalized spacial score (nSPS) is 15.7. The molecule has 0 atom stereocenters.